The Morgan fingerprint density at radius 3 is 2.47 bits per heavy atom. The lowest BCUT2D eigenvalue weighted by molar-refractivity contribution is 0.0967. The number of benzene rings is 1. The second-order valence-electron chi connectivity index (χ2n) is 4.37. The Hall–Kier alpha value is -1.56. The van der Waals surface area contributed by atoms with Gasteiger partial charge in [-0.2, -0.15) is 5.01 Å². The largest absolute Gasteiger partial charge is 0.455 e. The van der Waals surface area contributed by atoms with E-state index < -0.39 is 12.1 Å². The summed E-state index contributed by atoms with van der Waals surface area (Å²) in [5.74, 6) is 0. The van der Waals surface area contributed by atoms with Gasteiger partial charge in [0, 0.05) is 22.2 Å². The Morgan fingerprint density at radius 2 is 1.79 bits per heavy atom. The summed E-state index contributed by atoms with van der Waals surface area (Å²) in [6.07, 6.45) is 3.71. The van der Waals surface area contributed by atoms with Crippen LogP contribution in [0.15, 0.2) is 30.4 Å². The molecule has 3 rings (SSSR count). The summed E-state index contributed by atoms with van der Waals surface area (Å²) in [6, 6.07) is 4.08. The maximum atomic E-state index is 12.2. The van der Waals surface area contributed by atoms with E-state index in [1.54, 1.807) is 18.2 Å². The first-order chi connectivity index (χ1) is 9.04. The Bertz CT molecular complexity index is 597. The fourth-order valence-electron chi connectivity index (χ4n) is 2.43. The van der Waals surface area contributed by atoms with Crippen molar-refractivity contribution >= 4 is 41.0 Å². The highest BCUT2D eigenvalue weighted by atomic mass is 35.5. The number of nitrogens with one attached hydrogen (secondary N) is 1. The van der Waals surface area contributed by atoms with Crippen LogP contribution < -0.4 is 9.91 Å². The Labute approximate surface area is 119 Å². The summed E-state index contributed by atoms with van der Waals surface area (Å²) in [4.78, 5) is 24.1. The van der Waals surface area contributed by atoms with E-state index >= 15 is 0 Å². The van der Waals surface area contributed by atoms with Gasteiger partial charge in [0.1, 0.15) is 6.54 Å². The van der Waals surface area contributed by atoms with Crippen molar-refractivity contribution in [3.05, 3.63) is 40.4 Å². The van der Waals surface area contributed by atoms with Gasteiger partial charge >= 0.3 is 12.1 Å². The molecule has 1 atom stereocenters. The summed E-state index contributed by atoms with van der Waals surface area (Å²) in [5, 5.41) is 4.63. The first-order valence-corrected chi connectivity index (χ1v) is 6.43. The van der Waals surface area contributed by atoms with Crippen molar-refractivity contribution in [3.63, 3.8) is 0 Å². The number of carbonyl (C=O) groups is 2. The average molecular weight is 299 g/mol. The zero-order chi connectivity index (χ0) is 13.6. The van der Waals surface area contributed by atoms with Crippen LogP contribution in [0.3, 0.4) is 0 Å². The molecule has 19 heavy (non-hydrogen) atoms. The standard InChI is InChI=1S/C12H9Cl2N3O2/c13-8-5-9(14)7-10(6-8)17-4-2-1-3-16(17)11(18)15-12(17)19/h1-2,5-7H,3-4H2/p+1. The number of fused-ring (bicyclic) bond motifs is 1. The average Bonchev–Trinajstić information content (AvgIpc) is 2.62. The van der Waals surface area contributed by atoms with E-state index in [-0.39, 0.29) is 4.59 Å². The SMILES string of the molecule is O=C1NC(=O)[N+]2(c3cc(Cl)cc(Cl)c3)CC=CCN12. The van der Waals surface area contributed by atoms with Crippen LogP contribution in [0.1, 0.15) is 0 Å². The minimum Gasteiger partial charge on any atom is -0.243 e. The highest BCUT2D eigenvalue weighted by molar-refractivity contribution is 6.35. The number of imide groups is 1. The molecule has 5 nitrogen and oxygen atoms in total. The molecule has 2 aliphatic rings. The van der Waals surface area contributed by atoms with Crippen LogP contribution in [0.25, 0.3) is 0 Å². The van der Waals surface area contributed by atoms with Crippen molar-refractivity contribution in [3.8, 4) is 0 Å². The van der Waals surface area contributed by atoms with Crippen LogP contribution in [0.4, 0.5) is 15.3 Å². The molecule has 1 aromatic carbocycles. The van der Waals surface area contributed by atoms with E-state index in [2.05, 4.69) is 5.32 Å². The third-order valence-corrected chi connectivity index (χ3v) is 3.72. The molecular weight excluding hydrogens is 289 g/mol. The van der Waals surface area contributed by atoms with Gasteiger partial charge in [-0.05, 0) is 12.1 Å². The van der Waals surface area contributed by atoms with Crippen LogP contribution in [-0.4, -0.2) is 30.2 Å². The van der Waals surface area contributed by atoms with Crippen LogP contribution in [-0.2, 0) is 0 Å². The summed E-state index contributed by atoms with van der Waals surface area (Å²) in [6.45, 7) is 0.718. The van der Waals surface area contributed by atoms with Gasteiger partial charge in [0.2, 0.25) is 0 Å². The molecular formula is C12H10Cl2N3O2+. The predicted molar refractivity (Wildman–Crippen MR) is 72.9 cm³/mol. The first-order valence-electron chi connectivity index (χ1n) is 5.67. The summed E-state index contributed by atoms with van der Waals surface area (Å²) >= 11 is 12.0. The van der Waals surface area contributed by atoms with E-state index in [0.29, 0.717) is 28.8 Å². The van der Waals surface area contributed by atoms with Crippen molar-refractivity contribution in [2.75, 3.05) is 13.1 Å². The molecule has 4 amide bonds. The maximum absolute atomic E-state index is 12.2. The minimum atomic E-state index is -0.412. The molecule has 7 heteroatoms. The Balaban J connectivity index is 2.21. The Morgan fingerprint density at radius 1 is 1.11 bits per heavy atom. The second kappa shape index (κ2) is 4.23. The predicted octanol–water partition coefficient (Wildman–Crippen LogP) is 2.93. The lowest BCUT2D eigenvalue weighted by Crippen LogP contribution is -2.62. The molecule has 1 fully saturated rings. The molecule has 0 bridgehead atoms. The molecule has 0 aromatic heterocycles. The van der Waals surface area contributed by atoms with Gasteiger partial charge < -0.3 is 0 Å². The van der Waals surface area contributed by atoms with E-state index in [0.717, 1.165) is 0 Å². The van der Waals surface area contributed by atoms with Gasteiger partial charge in [0.05, 0.1) is 6.54 Å². The topological polar surface area (TPSA) is 49.4 Å². The van der Waals surface area contributed by atoms with Crippen LogP contribution in [0.2, 0.25) is 10.0 Å². The first kappa shape index (κ1) is 12.5. The number of nitrogens with zero attached hydrogens (tertiary/aromatic N) is 2. The van der Waals surface area contributed by atoms with Crippen molar-refractivity contribution < 1.29 is 9.59 Å². The summed E-state index contributed by atoms with van der Waals surface area (Å²) in [5.41, 5.74) is 0.574. The third kappa shape index (κ3) is 1.74. The number of carbonyl (C=O) groups excluding carboxylic acids is 2. The van der Waals surface area contributed by atoms with Gasteiger partial charge in [-0.3, -0.25) is 0 Å². The normalized spacial score (nSPS) is 25.5. The van der Waals surface area contributed by atoms with Gasteiger partial charge in [-0.15, -0.1) is 0 Å². The quantitative estimate of drug-likeness (QED) is 0.640. The molecule has 0 aliphatic carbocycles. The fraction of sp³-hybridized carbons (Fsp3) is 0.167. The third-order valence-electron chi connectivity index (χ3n) is 3.29. The van der Waals surface area contributed by atoms with Crippen molar-refractivity contribution in [2.45, 2.75) is 0 Å². The lowest BCUT2D eigenvalue weighted by Gasteiger charge is -2.36. The zero-order valence-electron chi connectivity index (χ0n) is 9.77. The lowest BCUT2D eigenvalue weighted by atomic mass is 10.2. The van der Waals surface area contributed by atoms with Crippen molar-refractivity contribution in [1.82, 2.24) is 14.9 Å². The number of urea groups is 2. The maximum Gasteiger partial charge on any atom is 0.455 e. The molecule has 2 heterocycles. The number of quaternary nitrogens is 1. The summed E-state index contributed by atoms with van der Waals surface area (Å²) < 4.78 is -0.240. The van der Waals surface area contributed by atoms with E-state index in [1.807, 2.05) is 12.2 Å². The number of rotatable bonds is 1. The van der Waals surface area contributed by atoms with E-state index in [9.17, 15) is 9.59 Å². The number of hydrogen-bond donors (Lipinski definition) is 1. The molecule has 0 radical (unpaired) electrons. The van der Waals surface area contributed by atoms with Gasteiger partial charge in [-0.1, -0.05) is 33.9 Å². The van der Waals surface area contributed by atoms with Gasteiger partial charge in [-0.25, -0.2) is 14.9 Å². The zero-order valence-corrected chi connectivity index (χ0v) is 11.3. The van der Waals surface area contributed by atoms with Crippen molar-refractivity contribution in [1.29, 1.82) is 0 Å². The molecule has 1 unspecified atom stereocenters. The fourth-order valence-corrected chi connectivity index (χ4v) is 2.95. The van der Waals surface area contributed by atoms with E-state index in [1.165, 1.54) is 5.01 Å². The van der Waals surface area contributed by atoms with Crippen LogP contribution in [0.5, 0.6) is 0 Å². The monoisotopic (exact) mass is 298 g/mol. The highest BCUT2D eigenvalue weighted by Gasteiger charge is 2.56. The molecule has 0 spiro atoms. The Kier molecular flexibility index (Phi) is 2.78. The van der Waals surface area contributed by atoms with E-state index in [4.69, 9.17) is 23.2 Å². The van der Waals surface area contributed by atoms with Crippen LogP contribution in [0, 0.1) is 0 Å². The van der Waals surface area contributed by atoms with Gasteiger partial charge in [0.15, 0.2) is 5.69 Å². The highest BCUT2D eigenvalue weighted by Crippen LogP contribution is 2.35. The number of halogens is 2. The number of hydrogen-bond acceptors (Lipinski definition) is 2. The molecule has 0 saturated carbocycles. The molecule has 98 valence electrons. The second-order valence-corrected chi connectivity index (χ2v) is 5.24. The molecule has 1 N–H and O–H groups in total. The molecule has 1 aromatic rings. The molecule has 2 aliphatic heterocycles. The number of amides is 4. The minimum absolute atomic E-state index is 0.240. The summed E-state index contributed by atoms with van der Waals surface area (Å²) in [7, 11) is 0. The molecule has 1 saturated heterocycles. The van der Waals surface area contributed by atoms with Crippen molar-refractivity contribution in [2.24, 2.45) is 0 Å². The van der Waals surface area contributed by atoms with Gasteiger partial charge in [0.25, 0.3) is 0 Å². The smallest absolute Gasteiger partial charge is 0.243 e. The van der Waals surface area contributed by atoms with Crippen LogP contribution >= 0.6 is 23.2 Å².